The Morgan fingerprint density at radius 1 is 1.30 bits per heavy atom. The summed E-state index contributed by atoms with van der Waals surface area (Å²) in [5.41, 5.74) is 0.513. The molecule has 0 atom stereocenters. The van der Waals surface area contributed by atoms with E-state index in [1.165, 1.54) is 23.5 Å². The largest absolute Gasteiger partial charge is 0.345 e. The lowest BCUT2D eigenvalue weighted by Crippen LogP contribution is -2.23. The number of carbonyl (C=O) groups is 1. The van der Waals surface area contributed by atoms with Crippen LogP contribution in [-0.4, -0.2) is 15.8 Å². The summed E-state index contributed by atoms with van der Waals surface area (Å²) >= 11 is 7.21. The number of thiazole rings is 1. The van der Waals surface area contributed by atoms with Crippen LogP contribution >= 0.6 is 22.9 Å². The van der Waals surface area contributed by atoms with Crippen molar-refractivity contribution in [3.05, 3.63) is 68.2 Å². The average molecular weight is 348 g/mol. The van der Waals surface area contributed by atoms with Gasteiger partial charge in [0.2, 0.25) is 0 Å². The third-order valence-corrected chi connectivity index (χ3v) is 4.41. The monoisotopic (exact) mass is 347 g/mol. The van der Waals surface area contributed by atoms with Crippen LogP contribution in [0.25, 0.3) is 10.2 Å². The van der Waals surface area contributed by atoms with Gasteiger partial charge in [0.25, 0.3) is 11.6 Å². The fourth-order valence-corrected chi connectivity index (χ4v) is 3.17. The fourth-order valence-electron chi connectivity index (χ4n) is 2.09. The van der Waals surface area contributed by atoms with E-state index < -0.39 is 10.8 Å². The van der Waals surface area contributed by atoms with Gasteiger partial charge in [0.15, 0.2) is 0 Å². The van der Waals surface area contributed by atoms with Crippen molar-refractivity contribution in [2.24, 2.45) is 0 Å². The van der Waals surface area contributed by atoms with Crippen molar-refractivity contribution in [2.45, 2.75) is 6.54 Å². The highest BCUT2D eigenvalue weighted by Gasteiger charge is 2.20. The van der Waals surface area contributed by atoms with E-state index in [0.29, 0.717) is 0 Å². The molecule has 1 N–H and O–H groups in total. The second-order valence-electron chi connectivity index (χ2n) is 4.68. The third kappa shape index (κ3) is 3.30. The highest BCUT2D eigenvalue weighted by atomic mass is 35.5. The van der Waals surface area contributed by atoms with E-state index in [1.54, 1.807) is 0 Å². The molecule has 0 aliphatic rings. The van der Waals surface area contributed by atoms with Crippen molar-refractivity contribution in [2.75, 3.05) is 0 Å². The summed E-state index contributed by atoms with van der Waals surface area (Å²) in [6.07, 6.45) is 0. The predicted octanol–water partition coefficient (Wildman–Crippen LogP) is 3.79. The van der Waals surface area contributed by atoms with E-state index in [9.17, 15) is 14.9 Å². The first-order valence-corrected chi connectivity index (χ1v) is 7.80. The molecular weight excluding hydrogens is 338 g/mol. The molecule has 3 aromatic rings. The summed E-state index contributed by atoms with van der Waals surface area (Å²) in [6, 6.07) is 11.6. The zero-order valence-electron chi connectivity index (χ0n) is 11.7. The van der Waals surface area contributed by atoms with E-state index in [4.69, 9.17) is 11.6 Å². The number of nitrogens with one attached hydrogen (secondary N) is 1. The maximum absolute atomic E-state index is 12.2. The van der Waals surface area contributed by atoms with Crippen LogP contribution in [0, 0.1) is 10.1 Å². The summed E-state index contributed by atoms with van der Waals surface area (Å²) in [6.45, 7) is 0.206. The normalized spacial score (nSPS) is 10.7. The Morgan fingerprint density at radius 3 is 2.83 bits per heavy atom. The first kappa shape index (κ1) is 15.4. The van der Waals surface area contributed by atoms with Crippen LogP contribution in [0.4, 0.5) is 5.69 Å². The van der Waals surface area contributed by atoms with E-state index in [1.807, 2.05) is 24.3 Å². The first-order valence-electron chi connectivity index (χ1n) is 6.61. The molecule has 8 heteroatoms. The lowest BCUT2D eigenvalue weighted by atomic mass is 10.1. The zero-order valence-corrected chi connectivity index (χ0v) is 13.2. The lowest BCUT2D eigenvalue weighted by Gasteiger charge is -2.04. The number of hydrogen-bond acceptors (Lipinski definition) is 5. The van der Waals surface area contributed by atoms with Gasteiger partial charge < -0.3 is 5.32 Å². The standard InChI is InChI=1S/C15H10ClN3O3S/c16-9-5-6-10(12(7-9)19(21)22)15(20)17-8-14-18-11-3-1-2-4-13(11)23-14/h1-7H,8H2,(H,17,20). The van der Waals surface area contributed by atoms with Gasteiger partial charge in [0, 0.05) is 11.1 Å². The summed E-state index contributed by atoms with van der Waals surface area (Å²) < 4.78 is 1.02. The Kier molecular flexibility index (Phi) is 4.22. The van der Waals surface area contributed by atoms with E-state index in [-0.39, 0.29) is 22.8 Å². The molecule has 0 radical (unpaired) electrons. The number of hydrogen-bond donors (Lipinski definition) is 1. The number of halogens is 1. The summed E-state index contributed by atoms with van der Waals surface area (Å²) in [5.74, 6) is -0.535. The quantitative estimate of drug-likeness (QED) is 0.574. The van der Waals surface area contributed by atoms with Gasteiger partial charge in [-0.15, -0.1) is 11.3 Å². The zero-order chi connectivity index (χ0) is 16.4. The first-order chi connectivity index (χ1) is 11.0. The Morgan fingerprint density at radius 2 is 2.09 bits per heavy atom. The van der Waals surface area contributed by atoms with Crippen LogP contribution < -0.4 is 5.32 Å². The molecule has 6 nitrogen and oxygen atoms in total. The van der Waals surface area contributed by atoms with E-state index >= 15 is 0 Å². The highest BCUT2D eigenvalue weighted by molar-refractivity contribution is 7.18. The van der Waals surface area contributed by atoms with Gasteiger partial charge in [-0.1, -0.05) is 23.7 Å². The molecule has 3 rings (SSSR count). The van der Waals surface area contributed by atoms with Gasteiger partial charge in [-0.2, -0.15) is 0 Å². The fraction of sp³-hybridized carbons (Fsp3) is 0.0667. The van der Waals surface area contributed by atoms with E-state index in [0.717, 1.165) is 21.3 Å². The van der Waals surface area contributed by atoms with Crippen LogP contribution in [0.15, 0.2) is 42.5 Å². The van der Waals surface area contributed by atoms with Crippen LogP contribution in [0.3, 0.4) is 0 Å². The number of aromatic nitrogens is 1. The Hall–Kier alpha value is -2.51. The molecule has 0 saturated heterocycles. The molecule has 2 aromatic carbocycles. The second-order valence-corrected chi connectivity index (χ2v) is 6.23. The molecule has 0 aliphatic carbocycles. The van der Waals surface area contributed by atoms with Gasteiger partial charge in [-0.25, -0.2) is 4.98 Å². The van der Waals surface area contributed by atoms with Gasteiger partial charge in [-0.3, -0.25) is 14.9 Å². The van der Waals surface area contributed by atoms with Crippen LogP contribution in [0.5, 0.6) is 0 Å². The van der Waals surface area contributed by atoms with Crippen molar-refractivity contribution in [1.29, 1.82) is 0 Å². The van der Waals surface area contributed by atoms with Gasteiger partial charge in [0.1, 0.15) is 10.6 Å². The van der Waals surface area contributed by atoms with Crippen molar-refractivity contribution >= 4 is 44.7 Å². The van der Waals surface area contributed by atoms with Crippen LogP contribution in [-0.2, 0) is 6.54 Å². The molecule has 23 heavy (non-hydrogen) atoms. The number of rotatable bonds is 4. The molecular formula is C15H10ClN3O3S. The van der Waals surface area contributed by atoms with Gasteiger partial charge in [0.05, 0.1) is 21.7 Å². The molecule has 0 unspecified atom stereocenters. The molecule has 116 valence electrons. The molecule has 1 aromatic heterocycles. The average Bonchev–Trinajstić information content (AvgIpc) is 2.95. The van der Waals surface area contributed by atoms with Gasteiger partial charge in [-0.05, 0) is 24.3 Å². The Bertz CT molecular complexity index is 877. The van der Waals surface area contributed by atoms with Crippen LogP contribution in [0.2, 0.25) is 5.02 Å². The molecule has 0 spiro atoms. The summed E-state index contributed by atoms with van der Waals surface area (Å²) in [5, 5.41) is 14.6. The minimum absolute atomic E-state index is 0.0273. The highest BCUT2D eigenvalue weighted by Crippen LogP contribution is 2.24. The number of carbonyl (C=O) groups excluding carboxylic acids is 1. The number of para-hydroxylation sites is 1. The van der Waals surface area contributed by atoms with Crippen molar-refractivity contribution in [3.63, 3.8) is 0 Å². The lowest BCUT2D eigenvalue weighted by molar-refractivity contribution is -0.385. The number of nitro benzene ring substituents is 1. The molecule has 0 fully saturated rings. The number of nitrogens with zero attached hydrogens (tertiary/aromatic N) is 2. The van der Waals surface area contributed by atoms with E-state index in [2.05, 4.69) is 10.3 Å². The maximum Gasteiger partial charge on any atom is 0.283 e. The predicted molar refractivity (Wildman–Crippen MR) is 88.9 cm³/mol. The van der Waals surface area contributed by atoms with Crippen LogP contribution in [0.1, 0.15) is 15.4 Å². The smallest absolute Gasteiger partial charge is 0.283 e. The van der Waals surface area contributed by atoms with Crippen molar-refractivity contribution in [3.8, 4) is 0 Å². The second kappa shape index (κ2) is 6.31. The topological polar surface area (TPSA) is 85.1 Å². The molecule has 0 saturated carbocycles. The number of nitro groups is 1. The number of fused-ring (bicyclic) bond motifs is 1. The molecule has 0 aliphatic heterocycles. The van der Waals surface area contributed by atoms with Crippen molar-refractivity contribution in [1.82, 2.24) is 10.3 Å². The van der Waals surface area contributed by atoms with Crippen molar-refractivity contribution < 1.29 is 9.72 Å². The Balaban J connectivity index is 1.78. The Labute approximate surface area is 139 Å². The SMILES string of the molecule is O=C(NCc1nc2ccccc2s1)c1ccc(Cl)cc1[N+](=O)[O-]. The third-order valence-electron chi connectivity index (χ3n) is 3.14. The summed E-state index contributed by atoms with van der Waals surface area (Å²) in [7, 11) is 0. The molecule has 1 heterocycles. The summed E-state index contributed by atoms with van der Waals surface area (Å²) in [4.78, 5) is 27.0. The molecule has 1 amide bonds. The number of amides is 1. The minimum atomic E-state index is -0.627. The molecule has 0 bridgehead atoms. The number of benzene rings is 2. The van der Waals surface area contributed by atoms with Gasteiger partial charge >= 0.3 is 0 Å². The minimum Gasteiger partial charge on any atom is -0.345 e. The maximum atomic E-state index is 12.2.